The summed E-state index contributed by atoms with van der Waals surface area (Å²) in [5.74, 6) is -0.213. The molecule has 2 N–H and O–H groups in total. The summed E-state index contributed by atoms with van der Waals surface area (Å²) < 4.78 is 4.67. The molecule has 0 bridgehead atoms. The maximum absolute atomic E-state index is 12.4. The van der Waals surface area contributed by atoms with E-state index in [1.165, 1.54) is 19.0 Å². The second-order valence-electron chi connectivity index (χ2n) is 6.15. The first-order valence-electron chi connectivity index (χ1n) is 8.66. The molecule has 1 aromatic heterocycles. The Balaban J connectivity index is 1.63. The van der Waals surface area contributed by atoms with E-state index in [1.54, 1.807) is 30.3 Å². The lowest BCUT2D eigenvalue weighted by atomic mass is 10.1. The lowest BCUT2D eigenvalue weighted by Crippen LogP contribution is -2.24. The van der Waals surface area contributed by atoms with Gasteiger partial charge in [-0.15, -0.1) is 0 Å². The molecule has 0 aliphatic heterocycles. The number of hydrogen-bond donors (Lipinski definition) is 2. The number of hydrogen-bond acceptors (Lipinski definition) is 6. The van der Waals surface area contributed by atoms with Crippen molar-refractivity contribution in [1.82, 2.24) is 15.3 Å². The second-order valence-corrected chi connectivity index (χ2v) is 6.15. The van der Waals surface area contributed by atoms with Crippen LogP contribution in [0.4, 0.5) is 11.5 Å². The summed E-state index contributed by atoms with van der Waals surface area (Å²) in [5, 5.41) is 5.92. The highest BCUT2D eigenvalue weighted by molar-refractivity contribution is 5.93. The molecule has 0 aliphatic carbocycles. The van der Waals surface area contributed by atoms with Crippen molar-refractivity contribution in [2.24, 2.45) is 0 Å². The van der Waals surface area contributed by atoms with E-state index < -0.39 is 5.97 Å². The van der Waals surface area contributed by atoms with E-state index in [0.717, 1.165) is 11.3 Å². The van der Waals surface area contributed by atoms with Crippen molar-refractivity contribution in [2.75, 3.05) is 12.4 Å². The van der Waals surface area contributed by atoms with Gasteiger partial charge in [0.15, 0.2) is 0 Å². The fourth-order valence-electron chi connectivity index (χ4n) is 2.48. The maximum atomic E-state index is 12.4. The summed E-state index contributed by atoms with van der Waals surface area (Å²) in [6.07, 6.45) is 1.33. The number of aryl methyl sites for hydroxylation is 1. The number of benzene rings is 2. The molecule has 2 aromatic carbocycles. The fourth-order valence-corrected chi connectivity index (χ4v) is 2.48. The van der Waals surface area contributed by atoms with Gasteiger partial charge in [0.05, 0.1) is 12.7 Å². The molecule has 0 fully saturated rings. The maximum Gasteiger partial charge on any atom is 0.337 e. The van der Waals surface area contributed by atoms with Crippen molar-refractivity contribution < 1.29 is 14.3 Å². The molecule has 0 atom stereocenters. The molecule has 7 heteroatoms. The number of nitrogens with zero attached hydrogens (tertiary/aromatic N) is 2. The van der Waals surface area contributed by atoms with Crippen LogP contribution >= 0.6 is 0 Å². The van der Waals surface area contributed by atoms with Crippen molar-refractivity contribution >= 4 is 23.4 Å². The highest BCUT2D eigenvalue weighted by Gasteiger charge is 2.09. The zero-order valence-corrected chi connectivity index (χ0v) is 15.6. The van der Waals surface area contributed by atoms with Crippen LogP contribution in [0.3, 0.4) is 0 Å². The van der Waals surface area contributed by atoms with Gasteiger partial charge >= 0.3 is 5.97 Å². The van der Waals surface area contributed by atoms with E-state index in [2.05, 4.69) is 25.3 Å². The average Bonchev–Trinajstić information content (AvgIpc) is 2.73. The van der Waals surface area contributed by atoms with Gasteiger partial charge in [-0.05, 0) is 36.8 Å². The van der Waals surface area contributed by atoms with Crippen molar-refractivity contribution in [2.45, 2.75) is 13.5 Å². The Morgan fingerprint density at radius 3 is 2.39 bits per heavy atom. The molecule has 1 amide bonds. The Kier molecular flexibility index (Phi) is 5.96. The number of amides is 1. The van der Waals surface area contributed by atoms with Gasteiger partial charge in [0.1, 0.15) is 17.8 Å². The predicted octanol–water partition coefficient (Wildman–Crippen LogP) is 3.25. The standard InChI is InChI=1S/C21H20N4O3/c1-14-3-5-15(6-4-14)12-22-20(26)18-11-19(24-13-23-18)25-17-9-7-16(8-10-17)21(27)28-2/h3-11,13H,12H2,1-2H3,(H,22,26)(H,23,24,25). The number of anilines is 2. The third-order valence-corrected chi connectivity index (χ3v) is 4.05. The first-order valence-corrected chi connectivity index (χ1v) is 8.66. The van der Waals surface area contributed by atoms with Gasteiger partial charge in [0.2, 0.25) is 0 Å². The number of methoxy groups -OCH3 is 1. The monoisotopic (exact) mass is 376 g/mol. The van der Waals surface area contributed by atoms with Crippen LogP contribution in [0.25, 0.3) is 0 Å². The number of carbonyl (C=O) groups is 2. The van der Waals surface area contributed by atoms with E-state index in [0.29, 0.717) is 17.9 Å². The third-order valence-electron chi connectivity index (χ3n) is 4.05. The highest BCUT2D eigenvalue weighted by Crippen LogP contribution is 2.16. The first-order chi connectivity index (χ1) is 13.5. The summed E-state index contributed by atoms with van der Waals surface area (Å²) >= 11 is 0. The van der Waals surface area contributed by atoms with E-state index in [1.807, 2.05) is 31.2 Å². The molecular formula is C21H20N4O3. The lowest BCUT2D eigenvalue weighted by molar-refractivity contribution is 0.0600. The highest BCUT2D eigenvalue weighted by atomic mass is 16.5. The molecule has 7 nitrogen and oxygen atoms in total. The second kappa shape index (κ2) is 8.77. The minimum atomic E-state index is -0.402. The zero-order chi connectivity index (χ0) is 19.9. The molecule has 0 radical (unpaired) electrons. The van der Waals surface area contributed by atoms with Crippen LogP contribution in [0, 0.1) is 6.92 Å². The van der Waals surface area contributed by atoms with Gasteiger partial charge in [0.25, 0.3) is 5.91 Å². The molecule has 1 heterocycles. The molecule has 0 unspecified atom stereocenters. The lowest BCUT2D eigenvalue weighted by Gasteiger charge is -2.08. The number of rotatable bonds is 6. The Morgan fingerprint density at radius 1 is 1.00 bits per heavy atom. The number of nitrogens with one attached hydrogen (secondary N) is 2. The van der Waals surface area contributed by atoms with Gasteiger partial charge in [-0.3, -0.25) is 4.79 Å². The first kappa shape index (κ1) is 19.0. The van der Waals surface area contributed by atoms with Crippen LogP contribution in [0.15, 0.2) is 60.9 Å². The molecule has 0 saturated heterocycles. The van der Waals surface area contributed by atoms with E-state index in [4.69, 9.17) is 0 Å². The fraction of sp³-hybridized carbons (Fsp3) is 0.143. The van der Waals surface area contributed by atoms with Crippen molar-refractivity contribution in [3.05, 3.63) is 83.3 Å². The molecular weight excluding hydrogens is 356 g/mol. The quantitative estimate of drug-likeness (QED) is 0.642. The van der Waals surface area contributed by atoms with Crippen molar-refractivity contribution in [3.8, 4) is 0 Å². The van der Waals surface area contributed by atoms with Gasteiger partial charge in [-0.1, -0.05) is 29.8 Å². The Labute approximate surface area is 162 Å². The molecule has 3 rings (SSSR count). The number of carbonyl (C=O) groups excluding carboxylic acids is 2. The summed E-state index contributed by atoms with van der Waals surface area (Å²) in [6, 6.07) is 16.3. The van der Waals surface area contributed by atoms with Gasteiger partial charge in [-0.25, -0.2) is 14.8 Å². The topological polar surface area (TPSA) is 93.2 Å². The van der Waals surface area contributed by atoms with Crippen LogP contribution in [0.5, 0.6) is 0 Å². The predicted molar refractivity (Wildman–Crippen MR) is 105 cm³/mol. The van der Waals surface area contributed by atoms with E-state index >= 15 is 0 Å². The minimum absolute atomic E-state index is 0.260. The summed E-state index contributed by atoms with van der Waals surface area (Å²) in [6.45, 7) is 2.43. The van der Waals surface area contributed by atoms with Crippen LogP contribution in [0.2, 0.25) is 0 Å². The number of esters is 1. The number of aromatic nitrogens is 2. The Morgan fingerprint density at radius 2 is 1.71 bits per heavy atom. The van der Waals surface area contributed by atoms with Crippen LogP contribution in [0.1, 0.15) is 32.0 Å². The largest absolute Gasteiger partial charge is 0.465 e. The van der Waals surface area contributed by atoms with E-state index in [9.17, 15) is 9.59 Å². The molecule has 28 heavy (non-hydrogen) atoms. The summed E-state index contributed by atoms with van der Waals surface area (Å²) in [4.78, 5) is 32.0. The van der Waals surface area contributed by atoms with Crippen LogP contribution < -0.4 is 10.6 Å². The number of ether oxygens (including phenoxy) is 1. The average molecular weight is 376 g/mol. The molecule has 0 spiro atoms. The van der Waals surface area contributed by atoms with E-state index in [-0.39, 0.29) is 11.6 Å². The smallest absolute Gasteiger partial charge is 0.337 e. The van der Waals surface area contributed by atoms with Gasteiger partial charge in [-0.2, -0.15) is 0 Å². The molecule has 3 aromatic rings. The van der Waals surface area contributed by atoms with Crippen molar-refractivity contribution in [1.29, 1.82) is 0 Å². The third kappa shape index (κ3) is 4.91. The summed E-state index contributed by atoms with van der Waals surface area (Å²) in [7, 11) is 1.33. The van der Waals surface area contributed by atoms with Crippen LogP contribution in [-0.4, -0.2) is 29.0 Å². The van der Waals surface area contributed by atoms with Crippen LogP contribution in [-0.2, 0) is 11.3 Å². The molecule has 142 valence electrons. The summed E-state index contributed by atoms with van der Waals surface area (Å²) in [5.41, 5.74) is 3.61. The van der Waals surface area contributed by atoms with Gasteiger partial charge in [0, 0.05) is 18.3 Å². The Hall–Kier alpha value is -3.74. The zero-order valence-electron chi connectivity index (χ0n) is 15.6. The normalized spacial score (nSPS) is 10.2. The van der Waals surface area contributed by atoms with Crippen molar-refractivity contribution in [3.63, 3.8) is 0 Å². The minimum Gasteiger partial charge on any atom is -0.465 e. The SMILES string of the molecule is COC(=O)c1ccc(Nc2cc(C(=O)NCc3ccc(C)cc3)ncn2)cc1. The molecule has 0 saturated carbocycles. The Bertz CT molecular complexity index is 970. The van der Waals surface area contributed by atoms with Gasteiger partial charge < -0.3 is 15.4 Å². The molecule has 0 aliphatic rings.